The third-order valence-electron chi connectivity index (χ3n) is 7.33. The van der Waals surface area contributed by atoms with Crippen LogP contribution in [0.2, 0.25) is 0 Å². The number of aromatic nitrogens is 2. The fourth-order valence-electron chi connectivity index (χ4n) is 5.23. The Balaban J connectivity index is 1.13. The summed E-state index contributed by atoms with van der Waals surface area (Å²) in [5, 5.41) is 7.55. The van der Waals surface area contributed by atoms with Gasteiger partial charge in [0, 0.05) is 11.6 Å². The standard InChI is InChI=1S/C29H33FN4O4/c30-20-8-12-22(13-9-20)34-29(31)26(17-33-34)28(36)19-4-3-7-25(16-19)37-24-14-10-21(11-15-24)32-18-27(35)38-23-5-1-2-6-23/h3-4,7-9,12-13,16-17,21,23-24,32H,1-2,5-6,10-11,14-15,18,31H2. The Hall–Kier alpha value is -3.72. The van der Waals surface area contributed by atoms with E-state index < -0.39 is 0 Å². The minimum atomic E-state index is -0.364. The number of ether oxygens (including phenoxy) is 2. The number of nitrogens with zero attached hydrogens (tertiary/aromatic N) is 2. The van der Waals surface area contributed by atoms with Crippen LogP contribution in [0.3, 0.4) is 0 Å². The van der Waals surface area contributed by atoms with Crippen molar-refractivity contribution in [2.75, 3.05) is 12.3 Å². The molecule has 2 aromatic carbocycles. The number of nitrogens with two attached hydrogens (primary N) is 1. The predicted octanol–water partition coefficient (Wildman–Crippen LogP) is 4.59. The van der Waals surface area contributed by atoms with E-state index in [1.54, 1.807) is 30.3 Å². The molecular weight excluding hydrogens is 487 g/mol. The molecule has 0 spiro atoms. The number of ketones is 1. The summed E-state index contributed by atoms with van der Waals surface area (Å²) in [6.45, 7) is 0.248. The molecule has 0 amide bonds. The lowest BCUT2D eigenvalue weighted by molar-refractivity contribution is -0.147. The fraction of sp³-hybridized carbons (Fsp3) is 0.414. The van der Waals surface area contributed by atoms with Crippen LogP contribution >= 0.6 is 0 Å². The molecule has 0 atom stereocenters. The third kappa shape index (κ3) is 6.22. The Morgan fingerprint density at radius 3 is 2.47 bits per heavy atom. The van der Waals surface area contributed by atoms with Crippen molar-refractivity contribution in [3.8, 4) is 11.4 Å². The van der Waals surface area contributed by atoms with E-state index in [0.29, 0.717) is 17.0 Å². The van der Waals surface area contributed by atoms with Crippen LogP contribution in [-0.2, 0) is 9.53 Å². The quantitative estimate of drug-likeness (QED) is 0.314. The molecule has 5 rings (SSSR count). The summed E-state index contributed by atoms with van der Waals surface area (Å²) in [6, 6.07) is 13.1. The molecule has 2 aliphatic carbocycles. The van der Waals surface area contributed by atoms with Gasteiger partial charge in [0.15, 0.2) is 5.78 Å². The van der Waals surface area contributed by atoms with Crippen molar-refractivity contribution in [2.45, 2.75) is 69.6 Å². The SMILES string of the molecule is Nc1c(C(=O)c2cccc(OC3CCC(NCC(=O)OC4CCCC4)CC3)c2)cnn1-c1ccc(F)cc1. The number of hydrogen-bond acceptors (Lipinski definition) is 7. The van der Waals surface area contributed by atoms with E-state index >= 15 is 0 Å². The van der Waals surface area contributed by atoms with Crippen LogP contribution in [0, 0.1) is 5.82 Å². The molecule has 0 aliphatic heterocycles. The second-order valence-corrected chi connectivity index (χ2v) is 10.1. The molecule has 2 fully saturated rings. The number of nitrogen functional groups attached to an aromatic ring is 1. The first-order chi connectivity index (χ1) is 18.5. The Morgan fingerprint density at radius 2 is 1.74 bits per heavy atom. The van der Waals surface area contributed by atoms with Crippen molar-refractivity contribution >= 4 is 17.6 Å². The van der Waals surface area contributed by atoms with E-state index in [1.165, 1.54) is 23.0 Å². The van der Waals surface area contributed by atoms with Gasteiger partial charge < -0.3 is 20.5 Å². The number of hydrogen-bond donors (Lipinski definition) is 2. The summed E-state index contributed by atoms with van der Waals surface area (Å²) in [5.74, 6) is 0.0127. The third-order valence-corrected chi connectivity index (χ3v) is 7.33. The fourth-order valence-corrected chi connectivity index (χ4v) is 5.23. The molecule has 0 saturated heterocycles. The Bertz CT molecular complexity index is 1260. The van der Waals surface area contributed by atoms with Gasteiger partial charge in [-0.05, 0) is 87.8 Å². The number of carbonyl (C=O) groups excluding carboxylic acids is 2. The number of rotatable bonds is 9. The normalized spacial score (nSPS) is 19.8. The second-order valence-electron chi connectivity index (χ2n) is 10.1. The predicted molar refractivity (Wildman–Crippen MR) is 141 cm³/mol. The summed E-state index contributed by atoms with van der Waals surface area (Å²) >= 11 is 0. The van der Waals surface area contributed by atoms with E-state index in [0.717, 1.165) is 51.4 Å². The molecule has 200 valence electrons. The van der Waals surface area contributed by atoms with Crippen molar-refractivity contribution in [3.63, 3.8) is 0 Å². The monoisotopic (exact) mass is 520 g/mol. The molecule has 0 unspecified atom stereocenters. The summed E-state index contributed by atoms with van der Waals surface area (Å²) in [6.07, 6.45) is 9.31. The lowest BCUT2D eigenvalue weighted by Gasteiger charge is -2.29. The van der Waals surface area contributed by atoms with Crippen LogP contribution in [0.15, 0.2) is 54.7 Å². The zero-order valence-electron chi connectivity index (χ0n) is 21.3. The molecule has 8 nitrogen and oxygen atoms in total. The molecule has 0 radical (unpaired) electrons. The van der Waals surface area contributed by atoms with Gasteiger partial charge in [-0.3, -0.25) is 9.59 Å². The number of anilines is 1. The van der Waals surface area contributed by atoms with Gasteiger partial charge in [0.05, 0.1) is 30.1 Å². The lowest BCUT2D eigenvalue weighted by Crippen LogP contribution is -2.39. The summed E-state index contributed by atoms with van der Waals surface area (Å²) in [4.78, 5) is 25.3. The van der Waals surface area contributed by atoms with Gasteiger partial charge in [0.1, 0.15) is 23.5 Å². The maximum Gasteiger partial charge on any atom is 0.320 e. The van der Waals surface area contributed by atoms with Crippen LogP contribution in [-0.4, -0.2) is 46.3 Å². The van der Waals surface area contributed by atoms with Crippen molar-refractivity contribution in [3.05, 3.63) is 71.7 Å². The van der Waals surface area contributed by atoms with E-state index in [4.69, 9.17) is 15.2 Å². The average molecular weight is 521 g/mol. The first-order valence-electron chi connectivity index (χ1n) is 13.3. The first-order valence-corrected chi connectivity index (χ1v) is 13.3. The largest absolute Gasteiger partial charge is 0.490 e. The number of halogens is 1. The van der Waals surface area contributed by atoms with Gasteiger partial charge in [-0.25, -0.2) is 9.07 Å². The second kappa shape index (κ2) is 11.8. The number of benzene rings is 2. The molecule has 3 N–H and O–H groups in total. The van der Waals surface area contributed by atoms with E-state index in [1.807, 2.05) is 6.07 Å². The highest BCUT2D eigenvalue weighted by atomic mass is 19.1. The van der Waals surface area contributed by atoms with Crippen LogP contribution in [0.5, 0.6) is 5.75 Å². The molecule has 1 heterocycles. The van der Waals surface area contributed by atoms with Gasteiger partial charge in [0.2, 0.25) is 0 Å². The van der Waals surface area contributed by atoms with E-state index in [-0.39, 0.29) is 53.7 Å². The summed E-state index contributed by atoms with van der Waals surface area (Å²) < 4.78 is 26.4. The van der Waals surface area contributed by atoms with Crippen LogP contribution in [0.1, 0.15) is 67.3 Å². The number of carbonyl (C=O) groups is 2. The molecular formula is C29H33FN4O4. The van der Waals surface area contributed by atoms with Gasteiger partial charge in [-0.1, -0.05) is 12.1 Å². The summed E-state index contributed by atoms with van der Waals surface area (Å²) in [5.41, 5.74) is 7.50. The van der Waals surface area contributed by atoms with Gasteiger partial charge in [-0.2, -0.15) is 5.10 Å². The molecule has 38 heavy (non-hydrogen) atoms. The molecule has 9 heteroatoms. The minimum absolute atomic E-state index is 0.0372. The average Bonchev–Trinajstić information content (AvgIpc) is 3.58. The zero-order chi connectivity index (χ0) is 26.5. The molecule has 3 aromatic rings. The van der Waals surface area contributed by atoms with Gasteiger partial charge in [-0.15, -0.1) is 0 Å². The Labute approximate surface area is 221 Å². The smallest absolute Gasteiger partial charge is 0.320 e. The van der Waals surface area contributed by atoms with Crippen molar-refractivity contribution in [1.82, 2.24) is 15.1 Å². The van der Waals surface area contributed by atoms with E-state index in [2.05, 4.69) is 10.4 Å². The van der Waals surface area contributed by atoms with Crippen LogP contribution in [0.25, 0.3) is 5.69 Å². The Morgan fingerprint density at radius 1 is 1.00 bits per heavy atom. The highest BCUT2D eigenvalue weighted by Crippen LogP contribution is 2.27. The van der Waals surface area contributed by atoms with Gasteiger partial charge in [0.25, 0.3) is 0 Å². The number of nitrogens with one attached hydrogen (secondary N) is 1. The molecule has 0 bridgehead atoms. The van der Waals surface area contributed by atoms with Crippen molar-refractivity contribution in [2.24, 2.45) is 0 Å². The molecule has 2 saturated carbocycles. The topological polar surface area (TPSA) is 108 Å². The lowest BCUT2D eigenvalue weighted by atomic mass is 9.93. The first kappa shape index (κ1) is 25.9. The summed E-state index contributed by atoms with van der Waals surface area (Å²) in [7, 11) is 0. The highest BCUT2D eigenvalue weighted by Gasteiger charge is 2.25. The zero-order valence-corrected chi connectivity index (χ0v) is 21.3. The maximum atomic E-state index is 13.3. The molecule has 2 aliphatic rings. The maximum absolute atomic E-state index is 13.3. The van der Waals surface area contributed by atoms with Crippen LogP contribution < -0.4 is 15.8 Å². The molecule has 1 aromatic heterocycles. The van der Waals surface area contributed by atoms with Crippen molar-refractivity contribution < 1.29 is 23.5 Å². The Kier molecular flexibility index (Phi) is 8.03. The van der Waals surface area contributed by atoms with Crippen molar-refractivity contribution in [1.29, 1.82) is 0 Å². The minimum Gasteiger partial charge on any atom is -0.490 e. The van der Waals surface area contributed by atoms with Crippen LogP contribution in [0.4, 0.5) is 10.2 Å². The highest BCUT2D eigenvalue weighted by molar-refractivity contribution is 6.11. The number of esters is 1. The van der Waals surface area contributed by atoms with E-state index in [9.17, 15) is 14.0 Å². The van der Waals surface area contributed by atoms with Gasteiger partial charge >= 0.3 is 5.97 Å².